The zero-order valence-corrected chi connectivity index (χ0v) is 19.9. The first-order valence-electron chi connectivity index (χ1n) is 10.6. The third-order valence-electron chi connectivity index (χ3n) is 5.71. The average Bonchev–Trinajstić information content (AvgIpc) is 3.40. The smallest absolute Gasteiger partial charge is 0.171 e. The van der Waals surface area contributed by atoms with Crippen molar-refractivity contribution in [3.8, 4) is 0 Å². The molecule has 1 saturated heterocycles. The number of aryl methyl sites for hydroxylation is 2. The molecular weight excluding hydrogens is 444 g/mol. The third kappa shape index (κ3) is 5.43. The molecule has 7 nitrogen and oxygen atoms in total. The molecule has 1 atom stereocenters. The number of aliphatic hydroxyl groups is 1. The molecule has 0 bridgehead atoms. The van der Waals surface area contributed by atoms with Crippen molar-refractivity contribution in [2.75, 3.05) is 13.1 Å². The maximum absolute atomic E-state index is 10.7. The third-order valence-corrected chi connectivity index (χ3v) is 6.98. The number of aromatic nitrogens is 5. The molecule has 0 aliphatic carbocycles. The minimum Gasteiger partial charge on any atom is -0.386 e. The summed E-state index contributed by atoms with van der Waals surface area (Å²) in [4.78, 5) is 8.28. The fraction of sp³-hybridized carbons (Fsp3) is 0.391. The van der Waals surface area contributed by atoms with E-state index in [9.17, 15) is 5.11 Å². The highest BCUT2D eigenvalue weighted by Gasteiger charge is 2.28. The Morgan fingerprint density at radius 1 is 1.34 bits per heavy atom. The molecule has 32 heavy (non-hydrogen) atoms. The Bertz CT molecular complexity index is 1120. The number of hydrogen-bond donors (Lipinski definition) is 1. The van der Waals surface area contributed by atoms with Gasteiger partial charge < -0.3 is 10.0 Å². The molecule has 0 spiro atoms. The van der Waals surface area contributed by atoms with E-state index < -0.39 is 6.10 Å². The summed E-state index contributed by atoms with van der Waals surface area (Å²) in [6.07, 6.45) is 5.43. The van der Waals surface area contributed by atoms with E-state index in [1.54, 1.807) is 16.1 Å². The van der Waals surface area contributed by atoms with Crippen LogP contribution in [0.15, 0.2) is 41.9 Å². The monoisotopic (exact) mass is 470 g/mol. The van der Waals surface area contributed by atoms with Crippen LogP contribution in [-0.2, 0) is 6.54 Å². The lowest BCUT2D eigenvalue weighted by molar-refractivity contribution is 0.0681. The number of tetrazole rings is 1. The first-order valence-corrected chi connectivity index (χ1v) is 11.9. The number of allylic oxidation sites excluding steroid dienone is 1. The number of hydrogen-bond acceptors (Lipinski definition) is 7. The van der Waals surface area contributed by atoms with Gasteiger partial charge in [0.1, 0.15) is 11.1 Å². The summed E-state index contributed by atoms with van der Waals surface area (Å²) in [7, 11) is 0. The summed E-state index contributed by atoms with van der Waals surface area (Å²) < 4.78 is 0. The van der Waals surface area contributed by atoms with Crippen LogP contribution in [0.2, 0.25) is 5.02 Å². The number of aliphatic hydroxyl groups excluding tert-OH is 1. The average molecular weight is 471 g/mol. The quantitative estimate of drug-likeness (QED) is 0.515. The van der Waals surface area contributed by atoms with Crippen LogP contribution in [0.1, 0.15) is 46.6 Å². The lowest BCUT2D eigenvalue weighted by Gasteiger charge is -2.35. The molecule has 4 rings (SSSR count). The highest BCUT2D eigenvalue weighted by atomic mass is 35.5. The van der Waals surface area contributed by atoms with E-state index in [0.29, 0.717) is 17.4 Å². The molecule has 1 aromatic carbocycles. The topological polar surface area (TPSA) is 80.0 Å². The molecule has 2 aromatic heterocycles. The normalized spacial score (nSPS) is 16.1. The number of thiazole rings is 1. The molecule has 1 unspecified atom stereocenters. The zero-order chi connectivity index (χ0) is 22.7. The standard InChI is InChI=1S/C23H27ClN6OS/c1-15-14-32-23(25-15)22(31)19-8-10-29(11-9-19)16(2)4-5-18-6-7-21(24)12-20(18)13-30-27-17(3)26-28-30/h4-7,12,14,19,22,31H,2,8-11,13H2,1,3H3/b5-4+. The molecular formula is C23H27ClN6OS. The summed E-state index contributed by atoms with van der Waals surface area (Å²) in [5.74, 6) is 0.867. The van der Waals surface area contributed by atoms with Crippen LogP contribution in [0.3, 0.4) is 0 Å². The fourth-order valence-corrected chi connectivity index (χ4v) is 4.99. The number of nitrogens with zero attached hydrogens (tertiary/aromatic N) is 6. The minimum absolute atomic E-state index is 0.232. The molecule has 168 valence electrons. The molecule has 1 fully saturated rings. The van der Waals surface area contributed by atoms with Gasteiger partial charge in [0, 0.05) is 34.9 Å². The van der Waals surface area contributed by atoms with Gasteiger partial charge in [-0.1, -0.05) is 30.3 Å². The summed E-state index contributed by atoms with van der Waals surface area (Å²) in [6.45, 7) is 10.3. The number of halogens is 1. The molecule has 1 aliphatic rings. The van der Waals surface area contributed by atoms with Crippen molar-refractivity contribution < 1.29 is 5.11 Å². The predicted octanol–water partition coefficient (Wildman–Crippen LogP) is 4.42. The Kier molecular flexibility index (Phi) is 7.03. The maximum atomic E-state index is 10.7. The molecule has 0 amide bonds. The molecule has 3 aromatic rings. The second kappa shape index (κ2) is 9.94. The predicted molar refractivity (Wildman–Crippen MR) is 127 cm³/mol. The van der Waals surface area contributed by atoms with Gasteiger partial charge in [-0.15, -0.1) is 21.5 Å². The van der Waals surface area contributed by atoms with Crippen LogP contribution in [0, 0.1) is 19.8 Å². The van der Waals surface area contributed by atoms with Crippen molar-refractivity contribution in [3.05, 3.63) is 74.6 Å². The number of rotatable bonds is 7. The van der Waals surface area contributed by atoms with E-state index in [1.165, 1.54) is 0 Å². The Morgan fingerprint density at radius 3 is 2.78 bits per heavy atom. The lowest BCUT2D eigenvalue weighted by Crippen LogP contribution is -2.34. The molecule has 9 heteroatoms. The van der Waals surface area contributed by atoms with Gasteiger partial charge in [-0.05, 0) is 67.2 Å². The van der Waals surface area contributed by atoms with Gasteiger partial charge in [-0.2, -0.15) is 4.80 Å². The molecule has 3 heterocycles. The maximum Gasteiger partial charge on any atom is 0.171 e. The number of benzene rings is 1. The van der Waals surface area contributed by atoms with Gasteiger partial charge in [0.15, 0.2) is 5.82 Å². The van der Waals surface area contributed by atoms with E-state index in [4.69, 9.17) is 11.6 Å². The van der Waals surface area contributed by atoms with Crippen molar-refractivity contribution in [1.29, 1.82) is 0 Å². The summed E-state index contributed by atoms with van der Waals surface area (Å²) in [6, 6.07) is 5.79. The second-order valence-electron chi connectivity index (χ2n) is 8.13. The zero-order valence-electron chi connectivity index (χ0n) is 18.3. The van der Waals surface area contributed by atoms with Crippen molar-refractivity contribution in [2.45, 2.75) is 39.3 Å². The van der Waals surface area contributed by atoms with E-state index >= 15 is 0 Å². The largest absolute Gasteiger partial charge is 0.386 e. The van der Waals surface area contributed by atoms with Crippen LogP contribution in [0.5, 0.6) is 0 Å². The van der Waals surface area contributed by atoms with Gasteiger partial charge in [0.05, 0.1) is 6.54 Å². The van der Waals surface area contributed by atoms with E-state index in [0.717, 1.165) is 53.5 Å². The van der Waals surface area contributed by atoms with Crippen molar-refractivity contribution in [1.82, 2.24) is 30.1 Å². The van der Waals surface area contributed by atoms with E-state index in [2.05, 4.69) is 37.9 Å². The van der Waals surface area contributed by atoms with Crippen LogP contribution in [0.25, 0.3) is 6.08 Å². The highest BCUT2D eigenvalue weighted by molar-refractivity contribution is 7.09. The highest BCUT2D eigenvalue weighted by Crippen LogP contribution is 2.33. The van der Waals surface area contributed by atoms with Gasteiger partial charge in [0.2, 0.25) is 0 Å². The Labute approximate surface area is 197 Å². The minimum atomic E-state index is -0.481. The summed E-state index contributed by atoms with van der Waals surface area (Å²) in [5.41, 5.74) is 3.98. The Balaban J connectivity index is 1.37. The summed E-state index contributed by atoms with van der Waals surface area (Å²) in [5, 5.41) is 26.4. The van der Waals surface area contributed by atoms with E-state index in [1.807, 2.05) is 43.5 Å². The second-order valence-corrected chi connectivity index (χ2v) is 9.46. The van der Waals surface area contributed by atoms with Gasteiger partial charge in [-0.3, -0.25) is 0 Å². The molecule has 0 saturated carbocycles. The van der Waals surface area contributed by atoms with Crippen molar-refractivity contribution >= 4 is 29.0 Å². The van der Waals surface area contributed by atoms with Gasteiger partial charge in [0.25, 0.3) is 0 Å². The van der Waals surface area contributed by atoms with Gasteiger partial charge in [-0.25, -0.2) is 4.98 Å². The van der Waals surface area contributed by atoms with Crippen LogP contribution >= 0.6 is 22.9 Å². The SMILES string of the molecule is C=C(/C=C/c1ccc(Cl)cc1Cn1nnc(C)n1)N1CCC(C(O)c2nc(C)cs2)CC1. The number of likely N-dealkylation sites (tertiary alicyclic amines) is 1. The van der Waals surface area contributed by atoms with Crippen LogP contribution in [0.4, 0.5) is 0 Å². The van der Waals surface area contributed by atoms with Crippen molar-refractivity contribution in [3.63, 3.8) is 0 Å². The number of piperidine rings is 1. The first-order chi connectivity index (χ1) is 15.4. The lowest BCUT2D eigenvalue weighted by atomic mass is 9.91. The Hall–Kier alpha value is -2.55. The summed E-state index contributed by atoms with van der Waals surface area (Å²) >= 11 is 7.76. The molecule has 0 radical (unpaired) electrons. The van der Waals surface area contributed by atoms with Crippen LogP contribution < -0.4 is 0 Å². The molecule has 1 aliphatic heterocycles. The van der Waals surface area contributed by atoms with Crippen LogP contribution in [-0.4, -0.2) is 48.3 Å². The molecule has 1 N–H and O–H groups in total. The van der Waals surface area contributed by atoms with Gasteiger partial charge >= 0.3 is 0 Å². The fourth-order valence-electron chi connectivity index (χ4n) is 3.92. The van der Waals surface area contributed by atoms with E-state index in [-0.39, 0.29) is 5.92 Å². The first kappa shape index (κ1) is 22.6. The Morgan fingerprint density at radius 2 is 2.12 bits per heavy atom. The van der Waals surface area contributed by atoms with Crippen molar-refractivity contribution in [2.24, 2.45) is 5.92 Å².